The topological polar surface area (TPSA) is 73.1 Å². The van der Waals surface area contributed by atoms with E-state index in [1.807, 2.05) is 18.7 Å². The fourth-order valence-electron chi connectivity index (χ4n) is 3.64. The van der Waals surface area contributed by atoms with Crippen molar-refractivity contribution < 1.29 is 4.79 Å². The number of nitrogens with zero attached hydrogens (tertiary/aromatic N) is 5. The van der Waals surface area contributed by atoms with Crippen molar-refractivity contribution in [2.75, 3.05) is 31.1 Å². The zero-order valence-electron chi connectivity index (χ0n) is 14.6. The molecule has 6 heteroatoms. The number of carbonyl (C=O) groups excluding carboxylic acids is 1. The van der Waals surface area contributed by atoms with Crippen LogP contribution in [0.4, 0.5) is 5.82 Å². The van der Waals surface area contributed by atoms with E-state index in [-0.39, 0.29) is 0 Å². The molecule has 0 saturated carbocycles. The van der Waals surface area contributed by atoms with E-state index in [9.17, 15) is 10.1 Å². The molecule has 3 heterocycles. The van der Waals surface area contributed by atoms with Crippen LogP contribution < -0.4 is 4.90 Å². The number of hydrogen-bond acceptors (Lipinski definition) is 5. The van der Waals surface area contributed by atoms with Crippen LogP contribution in [0.25, 0.3) is 0 Å². The molecule has 2 aliphatic heterocycles. The molecule has 2 aliphatic rings. The lowest BCUT2D eigenvalue weighted by Gasteiger charge is -2.33. The average molecular weight is 327 g/mol. The molecule has 128 valence electrons. The molecule has 1 amide bonds. The maximum atomic E-state index is 12.3. The average Bonchev–Trinajstić information content (AvgIpc) is 3.13. The highest BCUT2D eigenvalue weighted by molar-refractivity contribution is 5.76. The summed E-state index contributed by atoms with van der Waals surface area (Å²) in [5.41, 5.74) is 2.35. The molecule has 0 aromatic carbocycles. The van der Waals surface area contributed by atoms with Crippen molar-refractivity contribution in [2.45, 2.75) is 46.0 Å². The van der Waals surface area contributed by atoms with Crippen LogP contribution in [-0.2, 0) is 4.79 Å². The molecule has 2 fully saturated rings. The van der Waals surface area contributed by atoms with Gasteiger partial charge in [-0.25, -0.2) is 0 Å². The van der Waals surface area contributed by atoms with Crippen LogP contribution in [0.5, 0.6) is 0 Å². The number of amides is 1. The van der Waals surface area contributed by atoms with Gasteiger partial charge in [-0.05, 0) is 51.0 Å². The Morgan fingerprint density at radius 1 is 1.17 bits per heavy atom. The van der Waals surface area contributed by atoms with Gasteiger partial charge in [0.2, 0.25) is 5.91 Å². The minimum absolute atomic E-state index is 0.314. The van der Waals surface area contributed by atoms with Crippen molar-refractivity contribution >= 4 is 11.7 Å². The third-order valence-corrected chi connectivity index (χ3v) is 5.38. The van der Waals surface area contributed by atoms with Gasteiger partial charge in [0.05, 0.1) is 5.69 Å². The van der Waals surface area contributed by atoms with Crippen molar-refractivity contribution in [3.05, 3.63) is 16.8 Å². The molecule has 2 saturated heterocycles. The minimum Gasteiger partial charge on any atom is -0.354 e. The molecule has 24 heavy (non-hydrogen) atoms. The molecule has 0 unspecified atom stereocenters. The van der Waals surface area contributed by atoms with Crippen LogP contribution in [0.2, 0.25) is 0 Å². The zero-order chi connectivity index (χ0) is 17.1. The minimum atomic E-state index is 0.314. The number of piperidine rings is 1. The molecule has 0 spiro atoms. The largest absolute Gasteiger partial charge is 0.354 e. The van der Waals surface area contributed by atoms with Crippen molar-refractivity contribution in [2.24, 2.45) is 5.92 Å². The fourth-order valence-corrected chi connectivity index (χ4v) is 3.64. The second-order valence-electron chi connectivity index (χ2n) is 6.94. The molecule has 3 rings (SSSR count). The number of rotatable bonds is 3. The first-order chi connectivity index (χ1) is 11.6. The number of carbonyl (C=O) groups is 1. The SMILES string of the molecule is Cc1nnc(N2CCC(CC(=O)N3CCCC3)CC2)c(C#N)c1C. The molecular weight excluding hydrogens is 302 g/mol. The van der Waals surface area contributed by atoms with Gasteiger partial charge in [-0.15, -0.1) is 5.10 Å². The molecular formula is C18H25N5O. The van der Waals surface area contributed by atoms with Crippen LogP contribution in [-0.4, -0.2) is 47.2 Å². The second kappa shape index (κ2) is 7.16. The predicted octanol–water partition coefficient (Wildman–Crippen LogP) is 2.19. The van der Waals surface area contributed by atoms with Crippen molar-refractivity contribution in [1.29, 1.82) is 5.26 Å². The Balaban J connectivity index is 1.60. The third-order valence-electron chi connectivity index (χ3n) is 5.38. The van der Waals surface area contributed by atoms with Gasteiger partial charge >= 0.3 is 0 Å². The smallest absolute Gasteiger partial charge is 0.222 e. The van der Waals surface area contributed by atoms with Crippen LogP contribution >= 0.6 is 0 Å². The van der Waals surface area contributed by atoms with E-state index in [1.165, 1.54) is 0 Å². The maximum Gasteiger partial charge on any atom is 0.222 e. The van der Waals surface area contributed by atoms with Gasteiger partial charge in [0, 0.05) is 32.6 Å². The number of aromatic nitrogens is 2. The number of anilines is 1. The summed E-state index contributed by atoms with van der Waals surface area (Å²) in [5, 5.41) is 17.9. The van der Waals surface area contributed by atoms with Crippen molar-refractivity contribution in [1.82, 2.24) is 15.1 Å². The van der Waals surface area contributed by atoms with Crippen molar-refractivity contribution in [3.63, 3.8) is 0 Å². The maximum absolute atomic E-state index is 12.3. The Morgan fingerprint density at radius 3 is 2.46 bits per heavy atom. The summed E-state index contributed by atoms with van der Waals surface area (Å²) in [5.74, 6) is 1.46. The highest BCUT2D eigenvalue weighted by Crippen LogP contribution is 2.28. The molecule has 0 atom stereocenters. The van der Waals surface area contributed by atoms with Gasteiger partial charge in [-0.2, -0.15) is 10.4 Å². The summed E-state index contributed by atoms with van der Waals surface area (Å²) < 4.78 is 0. The Labute approximate surface area is 143 Å². The molecule has 0 aliphatic carbocycles. The summed E-state index contributed by atoms with van der Waals surface area (Å²) in [6.45, 7) is 7.34. The first kappa shape index (κ1) is 16.7. The Kier molecular flexibility index (Phi) is 4.98. The van der Waals surface area contributed by atoms with Crippen LogP contribution in [0.3, 0.4) is 0 Å². The summed E-state index contributed by atoms with van der Waals surface area (Å²) in [6, 6.07) is 2.28. The molecule has 0 radical (unpaired) electrons. The first-order valence-electron chi connectivity index (χ1n) is 8.87. The molecule has 1 aromatic heterocycles. The Bertz CT molecular complexity index is 652. The van der Waals surface area contributed by atoms with Gasteiger partial charge in [0.15, 0.2) is 5.82 Å². The number of hydrogen-bond donors (Lipinski definition) is 0. The summed E-state index contributed by atoms with van der Waals surface area (Å²) in [6.07, 6.45) is 4.90. The monoisotopic (exact) mass is 327 g/mol. The van der Waals surface area contributed by atoms with Gasteiger partial charge < -0.3 is 9.80 Å². The molecule has 0 bridgehead atoms. The summed E-state index contributed by atoms with van der Waals surface area (Å²) >= 11 is 0. The standard InChI is InChI=1S/C18H25N5O/c1-13-14(2)20-21-18(16(13)12-19)23-9-5-15(6-10-23)11-17(24)22-7-3-4-8-22/h15H,3-11H2,1-2H3. The Morgan fingerprint density at radius 2 is 1.83 bits per heavy atom. The molecule has 1 aromatic rings. The highest BCUT2D eigenvalue weighted by atomic mass is 16.2. The van der Waals surface area contributed by atoms with Gasteiger partial charge in [-0.1, -0.05) is 0 Å². The van der Waals surface area contributed by atoms with E-state index >= 15 is 0 Å². The lowest BCUT2D eigenvalue weighted by molar-refractivity contribution is -0.131. The van der Waals surface area contributed by atoms with E-state index in [0.29, 0.717) is 29.6 Å². The summed E-state index contributed by atoms with van der Waals surface area (Å²) in [4.78, 5) is 16.5. The summed E-state index contributed by atoms with van der Waals surface area (Å²) in [7, 11) is 0. The van der Waals surface area contributed by atoms with E-state index in [4.69, 9.17) is 0 Å². The first-order valence-corrected chi connectivity index (χ1v) is 8.87. The third kappa shape index (κ3) is 3.35. The van der Waals surface area contributed by atoms with Crippen molar-refractivity contribution in [3.8, 4) is 6.07 Å². The van der Waals surface area contributed by atoms with Gasteiger partial charge in [-0.3, -0.25) is 4.79 Å². The van der Waals surface area contributed by atoms with E-state index in [1.54, 1.807) is 0 Å². The Hall–Kier alpha value is -2.16. The number of aryl methyl sites for hydroxylation is 1. The van der Waals surface area contributed by atoms with Crippen LogP contribution in [0, 0.1) is 31.1 Å². The van der Waals surface area contributed by atoms with Crippen LogP contribution in [0.15, 0.2) is 0 Å². The van der Waals surface area contributed by atoms with E-state index < -0.39 is 0 Å². The van der Waals surface area contributed by atoms with E-state index in [2.05, 4.69) is 21.2 Å². The van der Waals surface area contributed by atoms with Crippen LogP contribution in [0.1, 0.15) is 48.9 Å². The lowest BCUT2D eigenvalue weighted by Crippen LogP contribution is -2.37. The normalized spacial score (nSPS) is 18.7. The fraction of sp³-hybridized carbons (Fsp3) is 0.667. The van der Waals surface area contributed by atoms with E-state index in [0.717, 1.165) is 63.1 Å². The molecule has 0 N–H and O–H groups in total. The predicted molar refractivity (Wildman–Crippen MR) is 91.6 cm³/mol. The van der Waals surface area contributed by atoms with Gasteiger partial charge in [0.25, 0.3) is 0 Å². The number of nitriles is 1. The lowest BCUT2D eigenvalue weighted by atomic mass is 9.92. The molecule has 6 nitrogen and oxygen atoms in total. The highest BCUT2D eigenvalue weighted by Gasteiger charge is 2.27. The number of likely N-dealkylation sites (tertiary alicyclic amines) is 1. The van der Waals surface area contributed by atoms with Gasteiger partial charge in [0.1, 0.15) is 11.6 Å². The zero-order valence-corrected chi connectivity index (χ0v) is 14.6. The quantitative estimate of drug-likeness (QED) is 0.851. The second-order valence-corrected chi connectivity index (χ2v) is 6.94.